The molecule has 4 N–H and O–H groups in total. The predicted octanol–water partition coefficient (Wildman–Crippen LogP) is 7.11. The molecule has 47 heavy (non-hydrogen) atoms. The number of halogens is 2. The largest absolute Gasteiger partial charge is 0.508 e. The maximum absolute atomic E-state index is 13.1. The van der Waals surface area contributed by atoms with E-state index in [1.807, 2.05) is 34.9 Å². The Morgan fingerprint density at radius 2 is 1.74 bits per heavy atom. The van der Waals surface area contributed by atoms with E-state index in [1.165, 1.54) is 24.4 Å². The van der Waals surface area contributed by atoms with Gasteiger partial charge in [0.1, 0.15) is 33.9 Å². The molecule has 5 rings (SSSR count). The first-order valence-electron chi connectivity index (χ1n) is 14.8. The maximum Gasteiger partial charge on any atom is 0.431 e. The summed E-state index contributed by atoms with van der Waals surface area (Å²) in [5.74, 6) is 1.28. The van der Waals surface area contributed by atoms with Crippen LogP contribution in [0, 0.1) is 0 Å². The van der Waals surface area contributed by atoms with Gasteiger partial charge in [0.05, 0.1) is 28.6 Å². The van der Waals surface area contributed by atoms with E-state index in [4.69, 9.17) is 32.8 Å². The summed E-state index contributed by atoms with van der Waals surface area (Å²) in [4.78, 5) is 37.2. The van der Waals surface area contributed by atoms with Gasteiger partial charge in [0.25, 0.3) is 0 Å². The number of amides is 3. The first kappa shape index (κ1) is 33.8. The van der Waals surface area contributed by atoms with Crippen LogP contribution in [0.3, 0.4) is 0 Å². The Kier molecular flexibility index (Phi) is 10.1. The summed E-state index contributed by atoms with van der Waals surface area (Å²) in [6.45, 7) is 7.29. The van der Waals surface area contributed by atoms with Crippen molar-refractivity contribution in [2.75, 3.05) is 43.1 Å². The third-order valence-corrected chi connectivity index (χ3v) is 8.23. The Morgan fingerprint density at radius 3 is 2.43 bits per heavy atom. The molecule has 1 aliphatic heterocycles. The van der Waals surface area contributed by atoms with Crippen molar-refractivity contribution in [1.29, 1.82) is 0 Å². The summed E-state index contributed by atoms with van der Waals surface area (Å²) in [7, 11) is 3.98. The summed E-state index contributed by atoms with van der Waals surface area (Å²) < 4.78 is 7.51. The second-order valence-corrected chi connectivity index (χ2v) is 12.9. The van der Waals surface area contributed by atoms with Crippen molar-refractivity contribution in [3.05, 3.63) is 76.5 Å². The number of carbonyl (C=O) groups is 2. The molecule has 0 bridgehead atoms. The fourth-order valence-corrected chi connectivity index (χ4v) is 5.14. The molecule has 1 aliphatic rings. The van der Waals surface area contributed by atoms with Gasteiger partial charge in [0, 0.05) is 36.3 Å². The fraction of sp³-hybridized carbons (Fsp3) is 0.312. The van der Waals surface area contributed by atoms with Crippen LogP contribution >= 0.6 is 23.2 Å². The number of aromatic nitrogens is 3. The smallest absolute Gasteiger partial charge is 0.431 e. The van der Waals surface area contributed by atoms with Crippen molar-refractivity contribution >= 4 is 52.6 Å². The van der Waals surface area contributed by atoms with E-state index in [0.717, 1.165) is 12.1 Å². The van der Waals surface area contributed by atoms with Gasteiger partial charge in [-0.05, 0) is 63.0 Å². The molecule has 0 aliphatic carbocycles. The Labute approximate surface area is 282 Å². The van der Waals surface area contributed by atoms with Crippen LogP contribution in [0.1, 0.15) is 32.9 Å². The van der Waals surface area contributed by atoms with Crippen molar-refractivity contribution in [3.63, 3.8) is 0 Å². The number of hydrogen-bond donors (Lipinski definition) is 4. The number of rotatable bonds is 8. The number of phenols is 1. The number of hydrogen-bond acceptors (Lipinski definition) is 9. The summed E-state index contributed by atoms with van der Waals surface area (Å²) in [6.07, 6.45) is 1.70. The number of pyridine rings is 1. The van der Waals surface area contributed by atoms with Crippen LogP contribution in [0.25, 0.3) is 5.69 Å². The van der Waals surface area contributed by atoms with Gasteiger partial charge < -0.3 is 24.9 Å². The highest BCUT2D eigenvalue weighted by Gasteiger charge is 2.27. The number of carbonyl (C=O) groups excluding carboxylic acids is 2. The van der Waals surface area contributed by atoms with Crippen LogP contribution in [-0.2, 0) is 10.3 Å². The number of urea groups is 1. The zero-order chi connectivity index (χ0) is 33.9. The molecular formula is C32H36Cl2N8O5. The molecule has 15 heteroatoms. The van der Waals surface area contributed by atoms with E-state index in [0.29, 0.717) is 36.4 Å². The lowest BCUT2D eigenvalue weighted by molar-refractivity contribution is -0.0775. The molecule has 4 aromatic rings. The average Bonchev–Trinajstić information content (AvgIpc) is 3.65. The van der Waals surface area contributed by atoms with Crippen molar-refractivity contribution < 1.29 is 24.3 Å². The molecule has 0 spiro atoms. The number of nitrogens with one attached hydrogen (secondary N) is 3. The quantitative estimate of drug-likeness (QED) is 0.153. The highest BCUT2D eigenvalue weighted by atomic mass is 35.5. The molecule has 1 saturated heterocycles. The Bertz CT molecular complexity index is 1760. The maximum atomic E-state index is 13.1. The molecule has 13 nitrogen and oxygen atoms in total. The Balaban J connectivity index is 1.24. The molecule has 2 aromatic heterocycles. The van der Waals surface area contributed by atoms with E-state index in [-0.39, 0.29) is 38.5 Å². The number of hydroxylamine groups is 2. The Morgan fingerprint density at radius 1 is 1.00 bits per heavy atom. The molecule has 0 saturated carbocycles. The van der Waals surface area contributed by atoms with E-state index >= 15 is 0 Å². The van der Waals surface area contributed by atoms with Gasteiger partial charge in [-0.15, -0.1) is 5.06 Å². The van der Waals surface area contributed by atoms with Crippen LogP contribution in [0.5, 0.6) is 17.2 Å². The lowest BCUT2D eigenvalue weighted by Crippen LogP contribution is -2.33. The molecule has 1 fully saturated rings. The van der Waals surface area contributed by atoms with Crippen LogP contribution in [0.15, 0.2) is 60.8 Å². The monoisotopic (exact) mass is 682 g/mol. The van der Waals surface area contributed by atoms with E-state index in [9.17, 15) is 14.7 Å². The molecule has 3 amide bonds. The topological polar surface area (TPSA) is 146 Å². The van der Waals surface area contributed by atoms with Crippen LogP contribution in [0.2, 0.25) is 10.0 Å². The van der Waals surface area contributed by atoms with Crippen molar-refractivity contribution in [2.24, 2.45) is 0 Å². The second-order valence-electron chi connectivity index (χ2n) is 12.2. The number of benzene rings is 2. The summed E-state index contributed by atoms with van der Waals surface area (Å²) in [5, 5.41) is 24.2. The highest BCUT2D eigenvalue weighted by molar-refractivity contribution is 6.45. The SMILES string of the molecule is CN(C)[C@H]1CCN(OC(=O)Nc2cc(Oc3ccc(NC(=O)Nc4cc(C(C)(C)C)nn4-c4ccc(O)cc4)c(Cl)c3Cl)ccn2)C1. The highest BCUT2D eigenvalue weighted by Crippen LogP contribution is 2.40. The minimum Gasteiger partial charge on any atom is -0.508 e. The van der Waals surface area contributed by atoms with Gasteiger partial charge in [0.15, 0.2) is 0 Å². The van der Waals surface area contributed by atoms with Gasteiger partial charge >= 0.3 is 12.1 Å². The molecule has 0 unspecified atom stereocenters. The lowest BCUT2D eigenvalue weighted by atomic mass is 9.92. The number of aromatic hydroxyl groups is 1. The normalized spacial score (nSPS) is 15.0. The zero-order valence-corrected chi connectivity index (χ0v) is 28.1. The molecule has 0 radical (unpaired) electrons. The Hall–Kier alpha value is -4.56. The van der Waals surface area contributed by atoms with Gasteiger partial charge in [-0.3, -0.25) is 10.6 Å². The predicted molar refractivity (Wildman–Crippen MR) is 181 cm³/mol. The minimum atomic E-state index is -0.662. The molecule has 1 atom stereocenters. The number of ether oxygens (including phenoxy) is 1. The van der Waals surface area contributed by atoms with Crippen LogP contribution in [0.4, 0.5) is 26.9 Å². The van der Waals surface area contributed by atoms with Crippen LogP contribution < -0.4 is 20.7 Å². The number of likely N-dealkylation sites (N-methyl/N-ethyl adjacent to an activating group) is 1. The van der Waals surface area contributed by atoms with Crippen molar-refractivity contribution in [3.8, 4) is 22.9 Å². The lowest BCUT2D eigenvalue weighted by Gasteiger charge is -2.19. The van der Waals surface area contributed by atoms with Gasteiger partial charge in [0.2, 0.25) is 0 Å². The summed E-state index contributed by atoms with van der Waals surface area (Å²) >= 11 is 13.1. The number of nitrogens with zero attached hydrogens (tertiary/aromatic N) is 5. The molecular weight excluding hydrogens is 647 g/mol. The first-order chi connectivity index (χ1) is 22.3. The fourth-order valence-electron chi connectivity index (χ4n) is 4.73. The van der Waals surface area contributed by atoms with Gasteiger partial charge in [-0.1, -0.05) is 44.0 Å². The average molecular weight is 684 g/mol. The molecule has 3 heterocycles. The van der Waals surface area contributed by atoms with Crippen LogP contribution in [-0.4, -0.2) is 75.2 Å². The number of anilines is 3. The third kappa shape index (κ3) is 8.43. The summed E-state index contributed by atoms with van der Waals surface area (Å²) in [5.41, 5.74) is 1.35. The van der Waals surface area contributed by atoms with E-state index < -0.39 is 12.1 Å². The third-order valence-electron chi connectivity index (χ3n) is 7.37. The van der Waals surface area contributed by atoms with Crippen molar-refractivity contribution in [1.82, 2.24) is 24.7 Å². The number of phenolic OH excluding ortho intramolecular Hbond substituents is 1. The molecule has 2 aromatic carbocycles. The summed E-state index contributed by atoms with van der Waals surface area (Å²) in [6, 6.07) is 14.2. The first-order valence-corrected chi connectivity index (χ1v) is 15.5. The van der Waals surface area contributed by atoms with Gasteiger partial charge in [-0.2, -0.15) is 5.10 Å². The zero-order valence-electron chi connectivity index (χ0n) is 26.5. The van der Waals surface area contributed by atoms with E-state index in [1.54, 1.807) is 46.1 Å². The second kappa shape index (κ2) is 14.1. The van der Waals surface area contributed by atoms with Gasteiger partial charge in [-0.25, -0.2) is 19.3 Å². The standard InChI is InChI=1S/C32H36Cl2N8O5/c1-32(2,3)25-17-27(42(39-25)19-6-8-21(43)9-7-19)38-30(44)36-23-10-11-24(29(34)28(23)33)46-22-12-14-35-26(16-22)37-31(45)47-41-15-13-20(18-41)40(4)5/h6-12,14,16-17,20,43H,13,15,18H2,1-5H3,(H,35,37,45)(H2,36,38,44)/t20-/m0/s1. The van der Waals surface area contributed by atoms with Crippen molar-refractivity contribution in [2.45, 2.75) is 38.6 Å². The molecule has 248 valence electrons. The minimum absolute atomic E-state index is 0.0550. The van der Waals surface area contributed by atoms with E-state index in [2.05, 4.69) is 30.9 Å².